The van der Waals surface area contributed by atoms with Crippen LogP contribution in [-0.2, 0) is 9.53 Å². The Balaban J connectivity index is 2.11. The van der Waals surface area contributed by atoms with Crippen molar-refractivity contribution in [3.8, 4) is 0 Å². The summed E-state index contributed by atoms with van der Waals surface area (Å²) in [7, 11) is 1.92. The van der Waals surface area contributed by atoms with E-state index in [-0.39, 0.29) is 6.10 Å². The van der Waals surface area contributed by atoms with Gasteiger partial charge in [0.2, 0.25) is 0 Å². The van der Waals surface area contributed by atoms with Crippen molar-refractivity contribution in [2.75, 3.05) is 13.6 Å². The van der Waals surface area contributed by atoms with Crippen molar-refractivity contribution in [1.82, 2.24) is 5.32 Å². The van der Waals surface area contributed by atoms with Crippen LogP contribution in [0.5, 0.6) is 0 Å². The molecule has 1 aliphatic rings. The predicted molar refractivity (Wildman–Crippen MR) is 48.6 cm³/mol. The monoisotopic (exact) mass is 187 g/mol. The summed E-state index contributed by atoms with van der Waals surface area (Å²) in [6, 6.07) is 0. The van der Waals surface area contributed by atoms with Crippen molar-refractivity contribution < 1.29 is 14.6 Å². The van der Waals surface area contributed by atoms with Crippen molar-refractivity contribution in [2.45, 2.75) is 32.0 Å². The van der Waals surface area contributed by atoms with E-state index in [2.05, 4.69) is 5.32 Å². The van der Waals surface area contributed by atoms with Crippen LogP contribution in [0.3, 0.4) is 0 Å². The number of aliphatic carboxylic acids is 1. The average molecular weight is 187 g/mol. The number of carboxylic acid groups (broad SMARTS) is 1. The normalized spacial score (nSPS) is 29.4. The van der Waals surface area contributed by atoms with Gasteiger partial charge in [0.25, 0.3) is 0 Å². The van der Waals surface area contributed by atoms with Crippen molar-refractivity contribution in [2.24, 2.45) is 5.92 Å². The molecule has 1 fully saturated rings. The fourth-order valence-corrected chi connectivity index (χ4v) is 1.59. The molecule has 0 aromatic rings. The molecule has 0 aliphatic heterocycles. The van der Waals surface area contributed by atoms with Gasteiger partial charge in [-0.25, -0.2) is 4.79 Å². The molecule has 0 radical (unpaired) electrons. The Labute approximate surface area is 78.3 Å². The zero-order chi connectivity index (χ0) is 9.84. The molecule has 0 saturated heterocycles. The van der Waals surface area contributed by atoms with Gasteiger partial charge in [0.1, 0.15) is 0 Å². The molecule has 0 bridgehead atoms. The molecule has 13 heavy (non-hydrogen) atoms. The zero-order valence-corrected chi connectivity index (χ0v) is 8.12. The number of carbonyl (C=O) groups is 1. The summed E-state index contributed by atoms with van der Waals surface area (Å²) < 4.78 is 5.30. The van der Waals surface area contributed by atoms with Gasteiger partial charge in [-0.15, -0.1) is 0 Å². The van der Waals surface area contributed by atoms with Crippen LogP contribution in [0.1, 0.15) is 19.8 Å². The molecule has 1 saturated carbocycles. The van der Waals surface area contributed by atoms with Crippen LogP contribution in [0.15, 0.2) is 0 Å². The maximum absolute atomic E-state index is 10.4. The first-order valence-corrected chi connectivity index (χ1v) is 4.66. The first kappa shape index (κ1) is 10.5. The lowest BCUT2D eigenvalue weighted by Crippen LogP contribution is -2.40. The number of hydrogen-bond acceptors (Lipinski definition) is 3. The molecule has 0 spiro atoms. The topological polar surface area (TPSA) is 58.6 Å². The smallest absolute Gasteiger partial charge is 0.332 e. The summed E-state index contributed by atoms with van der Waals surface area (Å²) >= 11 is 0. The molecule has 1 atom stereocenters. The van der Waals surface area contributed by atoms with Crippen molar-refractivity contribution in [3.63, 3.8) is 0 Å². The van der Waals surface area contributed by atoms with Crippen LogP contribution in [0, 0.1) is 5.92 Å². The van der Waals surface area contributed by atoms with E-state index in [4.69, 9.17) is 9.84 Å². The molecule has 4 nitrogen and oxygen atoms in total. The van der Waals surface area contributed by atoms with E-state index >= 15 is 0 Å². The molecule has 4 heteroatoms. The summed E-state index contributed by atoms with van der Waals surface area (Å²) in [6.07, 6.45) is 1.46. The van der Waals surface area contributed by atoms with Gasteiger partial charge in [-0.2, -0.15) is 0 Å². The summed E-state index contributed by atoms with van der Waals surface area (Å²) in [6.45, 7) is 2.58. The number of nitrogens with one attached hydrogen (secondary N) is 1. The van der Waals surface area contributed by atoms with Gasteiger partial charge in [0.05, 0.1) is 6.10 Å². The molecule has 0 aromatic heterocycles. The van der Waals surface area contributed by atoms with Crippen LogP contribution in [0.2, 0.25) is 0 Å². The van der Waals surface area contributed by atoms with Gasteiger partial charge in [-0.3, -0.25) is 0 Å². The van der Waals surface area contributed by atoms with Crippen LogP contribution < -0.4 is 5.32 Å². The molecule has 1 aliphatic carbocycles. The van der Waals surface area contributed by atoms with Gasteiger partial charge >= 0.3 is 5.97 Å². The second-order valence-electron chi connectivity index (χ2n) is 3.63. The lowest BCUT2D eigenvalue weighted by Gasteiger charge is -2.35. The number of ether oxygens (including phenoxy) is 1. The number of hydrogen-bond donors (Lipinski definition) is 2. The van der Waals surface area contributed by atoms with Crippen LogP contribution >= 0.6 is 0 Å². The fraction of sp³-hybridized carbons (Fsp3) is 0.889. The highest BCUT2D eigenvalue weighted by molar-refractivity contribution is 5.71. The standard InChI is InChI=1S/C9H17NO3/c1-6(9(11)12)13-8-3-7(4-8)5-10-2/h6-8,10H,3-5H2,1-2H3,(H,11,12). The lowest BCUT2D eigenvalue weighted by molar-refractivity contribution is -0.158. The van der Waals surface area contributed by atoms with Crippen LogP contribution in [0.4, 0.5) is 0 Å². The molecule has 0 heterocycles. The van der Waals surface area contributed by atoms with E-state index in [0.29, 0.717) is 5.92 Å². The van der Waals surface area contributed by atoms with Gasteiger partial charge in [0, 0.05) is 0 Å². The van der Waals surface area contributed by atoms with E-state index in [1.165, 1.54) is 0 Å². The van der Waals surface area contributed by atoms with Gasteiger partial charge in [-0.1, -0.05) is 0 Å². The zero-order valence-electron chi connectivity index (χ0n) is 8.12. The van der Waals surface area contributed by atoms with Gasteiger partial charge in [-0.05, 0) is 39.3 Å². The molecule has 0 aromatic carbocycles. The molecule has 1 unspecified atom stereocenters. The van der Waals surface area contributed by atoms with Crippen LogP contribution in [0.25, 0.3) is 0 Å². The predicted octanol–water partition coefficient (Wildman–Crippen LogP) is 0.474. The number of carboxylic acids is 1. The largest absolute Gasteiger partial charge is 0.479 e. The highest BCUT2D eigenvalue weighted by atomic mass is 16.5. The Morgan fingerprint density at radius 1 is 1.69 bits per heavy atom. The first-order valence-electron chi connectivity index (χ1n) is 4.66. The first-order chi connectivity index (χ1) is 6.13. The highest BCUT2D eigenvalue weighted by Gasteiger charge is 2.31. The highest BCUT2D eigenvalue weighted by Crippen LogP contribution is 2.30. The summed E-state index contributed by atoms with van der Waals surface area (Å²) in [5.74, 6) is -0.215. The third-order valence-corrected chi connectivity index (χ3v) is 2.43. The minimum absolute atomic E-state index is 0.157. The van der Waals surface area contributed by atoms with Crippen molar-refractivity contribution in [1.29, 1.82) is 0 Å². The Morgan fingerprint density at radius 3 is 2.77 bits per heavy atom. The molecule has 2 N–H and O–H groups in total. The Hall–Kier alpha value is -0.610. The second kappa shape index (κ2) is 4.58. The maximum atomic E-state index is 10.4. The van der Waals surface area contributed by atoms with Gasteiger partial charge in [0.15, 0.2) is 6.10 Å². The Kier molecular flexibility index (Phi) is 3.69. The number of rotatable bonds is 5. The van der Waals surface area contributed by atoms with Crippen molar-refractivity contribution in [3.05, 3.63) is 0 Å². The second-order valence-corrected chi connectivity index (χ2v) is 3.63. The Morgan fingerprint density at radius 2 is 2.31 bits per heavy atom. The van der Waals surface area contributed by atoms with E-state index < -0.39 is 12.1 Å². The summed E-state index contributed by atoms with van der Waals surface area (Å²) in [4.78, 5) is 10.4. The molecular formula is C9H17NO3. The summed E-state index contributed by atoms with van der Waals surface area (Å²) in [5, 5.41) is 11.7. The van der Waals surface area contributed by atoms with Crippen LogP contribution in [-0.4, -0.2) is 36.9 Å². The minimum atomic E-state index is -0.878. The molecule has 76 valence electrons. The van der Waals surface area contributed by atoms with E-state index in [1.54, 1.807) is 6.92 Å². The Bertz CT molecular complexity index is 178. The SMILES string of the molecule is CNCC1CC(OC(C)C(=O)O)C1. The third kappa shape index (κ3) is 2.97. The fourth-order valence-electron chi connectivity index (χ4n) is 1.59. The minimum Gasteiger partial charge on any atom is -0.479 e. The van der Waals surface area contributed by atoms with Crippen molar-refractivity contribution >= 4 is 5.97 Å². The van der Waals surface area contributed by atoms with E-state index in [0.717, 1.165) is 19.4 Å². The molecular weight excluding hydrogens is 170 g/mol. The quantitative estimate of drug-likeness (QED) is 0.657. The molecule has 1 rings (SSSR count). The van der Waals surface area contributed by atoms with Gasteiger partial charge < -0.3 is 15.2 Å². The lowest BCUT2D eigenvalue weighted by atomic mass is 9.82. The van der Waals surface area contributed by atoms with E-state index in [9.17, 15) is 4.79 Å². The third-order valence-electron chi connectivity index (χ3n) is 2.43. The maximum Gasteiger partial charge on any atom is 0.332 e. The van der Waals surface area contributed by atoms with E-state index in [1.807, 2.05) is 7.05 Å². The molecule has 0 amide bonds. The average Bonchev–Trinajstić information content (AvgIpc) is 2.00. The summed E-state index contributed by atoms with van der Waals surface area (Å²) in [5.41, 5.74) is 0.